The SMILES string of the molecule is CNC(C(=O)NC(C(=O)N(C)C(/C=C(\C)C(=O)NS(=O)(=O)Cc1ccc(CNC(=O)C(CCCCN)NC(=O)C(Cc2ccccc2)NC(=O)CCCCCN2C(=O)C=CC2=O)cc1)C(C)C)C(C)(C)C)C(C)(C)c1ccccc1. The van der Waals surface area contributed by atoms with Gasteiger partial charge in [-0.25, -0.2) is 13.1 Å². The van der Waals surface area contributed by atoms with Gasteiger partial charge in [0.2, 0.25) is 39.6 Å². The normalized spacial score (nSPS) is 14.9. The third-order valence-electron chi connectivity index (χ3n) is 14.2. The monoisotopic (exact) mass is 1120 g/mol. The van der Waals surface area contributed by atoms with Crippen molar-refractivity contribution in [1.82, 2.24) is 41.1 Å². The molecule has 0 fully saturated rings. The molecular weight excluding hydrogens is 1040 g/mol. The van der Waals surface area contributed by atoms with Gasteiger partial charge >= 0.3 is 0 Å². The Balaban J connectivity index is 1.36. The van der Waals surface area contributed by atoms with Crippen LogP contribution in [0, 0.1) is 11.3 Å². The molecule has 8 amide bonds. The Morgan fingerprint density at radius 3 is 1.88 bits per heavy atom. The molecule has 436 valence electrons. The topological polar surface area (TPSA) is 275 Å². The molecule has 5 unspecified atom stereocenters. The van der Waals surface area contributed by atoms with E-state index >= 15 is 0 Å². The third kappa shape index (κ3) is 20.0. The van der Waals surface area contributed by atoms with E-state index in [1.54, 1.807) is 44.4 Å². The van der Waals surface area contributed by atoms with Gasteiger partial charge in [-0.1, -0.05) is 146 Å². The van der Waals surface area contributed by atoms with E-state index in [9.17, 15) is 46.8 Å². The molecule has 5 atom stereocenters. The first-order valence-electron chi connectivity index (χ1n) is 27.4. The summed E-state index contributed by atoms with van der Waals surface area (Å²) in [5.74, 6) is -4.46. The van der Waals surface area contributed by atoms with Crippen molar-refractivity contribution in [3.05, 3.63) is 131 Å². The largest absolute Gasteiger partial charge is 0.350 e. The minimum Gasteiger partial charge on any atom is -0.350 e. The van der Waals surface area contributed by atoms with Crippen LogP contribution in [0.15, 0.2) is 109 Å². The van der Waals surface area contributed by atoms with Crippen molar-refractivity contribution in [3.63, 3.8) is 0 Å². The highest BCUT2D eigenvalue weighted by molar-refractivity contribution is 7.89. The van der Waals surface area contributed by atoms with Crippen LogP contribution in [0.4, 0.5) is 0 Å². The highest BCUT2D eigenvalue weighted by atomic mass is 32.2. The summed E-state index contributed by atoms with van der Waals surface area (Å²) >= 11 is 0. The summed E-state index contributed by atoms with van der Waals surface area (Å²) in [6, 6.07) is 20.9. The highest BCUT2D eigenvalue weighted by Crippen LogP contribution is 2.29. The predicted molar refractivity (Wildman–Crippen MR) is 309 cm³/mol. The molecule has 80 heavy (non-hydrogen) atoms. The average Bonchev–Trinajstić information content (AvgIpc) is 3.79. The number of nitrogens with two attached hydrogens (primary N) is 1. The van der Waals surface area contributed by atoms with Gasteiger partial charge in [-0.2, -0.15) is 0 Å². The predicted octanol–water partition coefficient (Wildman–Crippen LogP) is 4.60. The quantitative estimate of drug-likeness (QED) is 0.0265. The van der Waals surface area contributed by atoms with Crippen molar-refractivity contribution in [2.24, 2.45) is 17.1 Å². The first kappa shape index (κ1) is 65.5. The molecule has 1 heterocycles. The number of nitrogens with zero attached hydrogens (tertiary/aromatic N) is 2. The molecular formula is C60H85N9O10S. The number of unbranched alkanes of at least 4 members (excludes halogenated alkanes) is 3. The Hall–Kier alpha value is -7.03. The third-order valence-corrected chi connectivity index (χ3v) is 15.5. The number of benzene rings is 3. The van der Waals surface area contributed by atoms with Gasteiger partial charge in [-0.05, 0) is 86.2 Å². The van der Waals surface area contributed by atoms with Crippen molar-refractivity contribution < 1.29 is 46.8 Å². The molecule has 0 aromatic heterocycles. The van der Waals surface area contributed by atoms with E-state index in [1.165, 1.54) is 24.0 Å². The van der Waals surface area contributed by atoms with Gasteiger partial charge in [-0.3, -0.25) is 43.3 Å². The lowest BCUT2D eigenvalue weighted by molar-refractivity contribution is -0.141. The summed E-state index contributed by atoms with van der Waals surface area (Å²) < 4.78 is 29.0. The summed E-state index contributed by atoms with van der Waals surface area (Å²) in [4.78, 5) is 109. The molecule has 1 aliphatic heterocycles. The van der Waals surface area contributed by atoms with Crippen LogP contribution in [0.3, 0.4) is 0 Å². The average molecular weight is 1120 g/mol. The van der Waals surface area contributed by atoms with Gasteiger partial charge < -0.3 is 37.2 Å². The number of nitrogens with one attached hydrogen (secondary N) is 6. The van der Waals surface area contributed by atoms with Crippen LogP contribution in [-0.4, -0.2) is 123 Å². The summed E-state index contributed by atoms with van der Waals surface area (Å²) in [5.41, 5.74) is 7.19. The van der Waals surface area contributed by atoms with Crippen LogP contribution >= 0.6 is 0 Å². The standard InChI is InChI=1S/C60H85N9O10S/c1-40(2)48(68(10)58(77)53(59(4,5)6)66-57(76)52(62-9)60(7,8)45-24-16-12-17-25-45)36-41(3)54(73)67-80(78,79)39-44-30-28-43(29-31-44)38-63-55(74)46(26-19-20-34-61)65-56(75)47(37-42-22-14-11-15-23-42)64-49(70)27-18-13-21-35-69-50(71)32-33-51(69)72/h11-12,14-17,22-25,28-33,36,40,46-48,52-53,62H,13,18-21,26-27,34-35,37-39,61H2,1-10H3,(H,63,74)(H,64,70)(H,65,75)(H,66,76)(H,67,73)/b41-36+. The zero-order valence-corrected chi connectivity index (χ0v) is 49.0. The molecule has 3 aromatic rings. The summed E-state index contributed by atoms with van der Waals surface area (Å²) in [6.07, 6.45) is 7.24. The Labute approximate surface area is 473 Å². The maximum absolute atomic E-state index is 14.4. The lowest BCUT2D eigenvalue weighted by Gasteiger charge is -2.40. The Morgan fingerprint density at radius 2 is 1.30 bits per heavy atom. The number of likely N-dealkylation sites (N-methyl/N-ethyl adjacent to an activating group) is 2. The number of imide groups is 1. The van der Waals surface area contributed by atoms with Crippen LogP contribution in [0.25, 0.3) is 0 Å². The lowest BCUT2D eigenvalue weighted by Crippen LogP contribution is -2.61. The maximum atomic E-state index is 14.4. The number of carbonyl (C=O) groups is 8. The second-order valence-electron chi connectivity index (χ2n) is 22.5. The minimum atomic E-state index is -4.23. The molecule has 0 spiro atoms. The molecule has 1 aliphatic rings. The molecule has 3 aromatic carbocycles. The van der Waals surface area contributed by atoms with Crippen LogP contribution in [0.2, 0.25) is 0 Å². The van der Waals surface area contributed by atoms with E-state index in [-0.39, 0.29) is 73.4 Å². The van der Waals surface area contributed by atoms with Gasteiger partial charge in [0.05, 0.1) is 17.8 Å². The summed E-state index contributed by atoms with van der Waals surface area (Å²) in [6.45, 7) is 15.4. The molecule has 8 N–H and O–H groups in total. The van der Waals surface area contributed by atoms with Crippen LogP contribution < -0.4 is 37.0 Å². The Morgan fingerprint density at radius 1 is 0.700 bits per heavy atom. The Kier molecular flexibility index (Phi) is 25.0. The fourth-order valence-electron chi connectivity index (χ4n) is 9.45. The highest BCUT2D eigenvalue weighted by Gasteiger charge is 2.42. The molecule has 19 nitrogen and oxygen atoms in total. The molecule has 4 rings (SSSR count). The van der Waals surface area contributed by atoms with Crippen LogP contribution in [0.5, 0.6) is 0 Å². The zero-order chi connectivity index (χ0) is 59.4. The molecule has 0 bridgehead atoms. The fraction of sp³-hybridized carbons (Fsp3) is 0.500. The molecule has 0 aliphatic carbocycles. The molecule has 0 saturated carbocycles. The molecule has 0 radical (unpaired) electrons. The van der Waals surface area contributed by atoms with Gasteiger partial charge in [0, 0.05) is 56.1 Å². The van der Waals surface area contributed by atoms with E-state index in [1.807, 2.05) is 109 Å². The number of hydrogen-bond acceptors (Lipinski definition) is 12. The molecule has 0 saturated heterocycles. The van der Waals surface area contributed by atoms with E-state index in [0.717, 1.165) is 16.0 Å². The second kappa shape index (κ2) is 30.5. The van der Waals surface area contributed by atoms with Crippen molar-refractivity contribution in [3.8, 4) is 0 Å². The number of hydrogen-bond donors (Lipinski definition) is 7. The smallest absolute Gasteiger partial charge is 0.260 e. The fourth-order valence-corrected chi connectivity index (χ4v) is 10.6. The number of amides is 8. The van der Waals surface area contributed by atoms with Gasteiger partial charge in [0.1, 0.15) is 18.1 Å². The van der Waals surface area contributed by atoms with Gasteiger partial charge in [-0.15, -0.1) is 0 Å². The first-order valence-corrected chi connectivity index (χ1v) is 29.1. The van der Waals surface area contributed by atoms with Gasteiger partial charge in [0.15, 0.2) is 0 Å². The Bertz CT molecular complexity index is 2760. The zero-order valence-electron chi connectivity index (χ0n) is 48.2. The van der Waals surface area contributed by atoms with E-state index in [2.05, 4.69) is 31.3 Å². The minimum absolute atomic E-state index is 0.0381. The second-order valence-corrected chi connectivity index (χ2v) is 24.2. The van der Waals surface area contributed by atoms with Crippen LogP contribution in [-0.2, 0) is 72.5 Å². The maximum Gasteiger partial charge on any atom is 0.260 e. The first-order chi connectivity index (χ1) is 37.7. The number of rotatable bonds is 31. The lowest BCUT2D eigenvalue weighted by atomic mass is 9.76. The summed E-state index contributed by atoms with van der Waals surface area (Å²) in [7, 11) is -0.925. The van der Waals surface area contributed by atoms with Crippen molar-refractivity contribution in [2.45, 2.75) is 155 Å². The summed E-state index contributed by atoms with van der Waals surface area (Å²) in [5, 5.41) is 14.7. The van der Waals surface area contributed by atoms with Crippen molar-refractivity contribution >= 4 is 57.3 Å². The van der Waals surface area contributed by atoms with Gasteiger partial charge in [0.25, 0.3) is 17.7 Å². The van der Waals surface area contributed by atoms with E-state index < -0.39 is 74.5 Å². The van der Waals surface area contributed by atoms with Crippen molar-refractivity contribution in [2.75, 3.05) is 27.2 Å². The number of sulfonamides is 1. The number of carbonyl (C=O) groups excluding carboxylic acids is 8. The van der Waals surface area contributed by atoms with Crippen LogP contribution in [0.1, 0.15) is 123 Å². The van der Waals surface area contributed by atoms with E-state index in [4.69, 9.17) is 5.73 Å². The van der Waals surface area contributed by atoms with E-state index in [0.29, 0.717) is 49.8 Å². The van der Waals surface area contributed by atoms with Crippen molar-refractivity contribution in [1.29, 1.82) is 0 Å². The molecule has 20 heteroatoms.